The predicted octanol–water partition coefficient (Wildman–Crippen LogP) is 0.713. The van der Waals surface area contributed by atoms with Gasteiger partial charge in [0, 0.05) is 44.9 Å². The number of aliphatic hydroxyl groups excluding tert-OH is 1. The normalized spacial score (nSPS) is 16.8. The Hall–Kier alpha value is -1.94. The summed E-state index contributed by atoms with van der Waals surface area (Å²) in [7, 11) is 0. The summed E-state index contributed by atoms with van der Waals surface area (Å²) in [6.45, 7) is 6.11. The molecule has 1 aliphatic rings. The SMILES string of the molecule is CCOC[C@@H](O)CN1CCN(C(=O)c2cccc(C#N)c2)CC1. The van der Waals surface area contributed by atoms with E-state index in [2.05, 4.69) is 11.0 Å². The third-order valence-corrected chi connectivity index (χ3v) is 3.88. The molecule has 0 unspecified atom stereocenters. The van der Waals surface area contributed by atoms with Gasteiger partial charge in [0.15, 0.2) is 0 Å². The molecule has 1 fully saturated rings. The molecule has 6 nitrogen and oxygen atoms in total. The van der Waals surface area contributed by atoms with Crippen LogP contribution in [0.25, 0.3) is 0 Å². The number of aliphatic hydroxyl groups is 1. The van der Waals surface area contributed by atoms with Gasteiger partial charge in [-0.25, -0.2) is 0 Å². The van der Waals surface area contributed by atoms with Crippen LogP contribution in [0.5, 0.6) is 0 Å². The topological polar surface area (TPSA) is 76.8 Å². The number of nitriles is 1. The van der Waals surface area contributed by atoms with E-state index in [0.29, 0.717) is 44.0 Å². The molecule has 0 spiro atoms. The highest BCUT2D eigenvalue weighted by Crippen LogP contribution is 2.11. The summed E-state index contributed by atoms with van der Waals surface area (Å²) >= 11 is 0. The van der Waals surface area contributed by atoms with Crippen LogP contribution in [0.15, 0.2) is 24.3 Å². The van der Waals surface area contributed by atoms with Gasteiger partial charge in [-0.3, -0.25) is 9.69 Å². The quantitative estimate of drug-likeness (QED) is 0.836. The fraction of sp³-hybridized carbons (Fsp3) is 0.529. The maximum absolute atomic E-state index is 12.5. The second-order valence-electron chi connectivity index (χ2n) is 5.60. The van der Waals surface area contributed by atoms with Crippen molar-refractivity contribution in [1.82, 2.24) is 9.80 Å². The van der Waals surface area contributed by atoms with Crippen molar-refractivity contribution in [1.29, 1.82) is 5.26 Å². The van der Waals surface area contributed by atoms with Crippen LogP contribution < -0.4 is 0 Å². The second kappa shape index (κ2) is 8.63. The minimum Gasteiger partial charge on any atom is -0.389 e. The first-order valence-corrected chi connectivity index (χ1v) is 7.91. The summed E-state index contributed by atoms with van der Waals surface area (Å²) in [5.74, 6) is -0.0448. The van der Waals surface area contributed by atoms with E-state index in [1.807, 2.05) is 6.92 Å². The number of ether oxygens (including phenoxy) is 1. The molecule has 23 heavy (non-hydrogen) atoms. The van der Waals surface area contributed by atoms with Crippen LogP contribution in [0.4, 0.5) is 0 Å². The molecule has 1 saturated heterocycles. The van der Waals surface area contributed by atoms with Crippen LogP contribution in [-0.2, 0) is 4.74 Å². The molecule has 1 amide bonds. The Labute approximate surface area is 136 Å². The summed E-state index contributed by atoms with van der Waals surface area (Å²) in [6, 6.07) is 8.83. The zero-order chi connectivity index (χ0) is 16.7. The lowest BCUT2D eigenvalue weighted by atomic mass is 10.1. The highest BCUT2D eigenvalue weighted by molar-refractivity contribution is 5.94. The van der Waals surface area contributed by atoms with Gasteiger partial charge in [0.05, 0.1) is 24.3 Å². The lowest BCUT2D eigenvalue weighted by Crippen LogP contribution is -2.50. The average Bonchev–Trinajstić information content (AvgIpc) is 2.60. The summed E-state index contributed by atoms with van der Waals surface area (Å²) in [4.78, 5) is 16.4. The van der Waals surface area contributed by atoms with Crippen LogP contribution in [-0.4, -0.2) is 72.9 Å². The van der Waals surface area contributed by atoms with E-state index in [9.17, 15) is 9.90 Å². The minimum atomic E-state index is -0.496. The molecule has 1 aromatic rings. The summed E-state index contributed by atoms with van der Waals surface area (Å²) in [5, 5.41) is 18.8. The minimum absolute atomic E-state index is 0.0448. The molecular formula is C17H23N3O3. The third-order valence-electron chi connectivity index (χ3n) is 3.88. The van der Waals surface area contributed by atoms with Gasteiger partial charge >= 0.3 is 0 Å². The number of β-amino-alcohol motifs (C(OH)–C–C–N with tert-alkyl or cyclic N) is 1. The molecule has 1 atom stereocenters. The van der Waals surface area contributed by atoms with Gasteiger partial charge in [0.1, 0.15) is 0 Å². The van der Waals surface area contributed by atoms with Crippen molar-refractivity contribution in [3.8, 4) is 6.07 Å². The number of amides is 1. The molecule has 1 aromatic carbocycles. The Balaban J connectivity index is 1.84. The Morgan fingerprint density at radius 2 is 2.13 bits per heavy atom. The van der Waals surface area contributed by atoms with Gasteiger partial charge in [0.2, 0.25) is 0 Å². The molecule has 2 rings (SSSR count). The molecule has 0 saturated carbocycles. The molecule has 0 aromatic heterocycles. The highest BCUT2D eigenvalue weighted by Gasteiger charge is 2.23. The van der Waals surface area contributed by atoms with Crippen molar-refractivity contribution >= 4 is 5.91 Å². The largest absolute Gasteiger partial charge is 0.389 e. The molecule has 6 heteroatoms. The highest BCUT2D eigenvalue weighted by atomic mass is 16.5. The summed E-state index contributed by atoms with van der Waals surface area (Å²) in [6.07, 6.45) is -0.496. The number of hydrogen-bond acceptors (Lipinski definition) is 5. The maximum Gasteiger partial charge on any atom is 0.253 e. The average molecular weight is 317 g/mol. The molecular weight excluding hydrogens is 294 g/mol. The van der Waals surface area contributed by atoms with E-state index < -0.39 is 6.10 Å². The Bertz CT molecular complexity index is 562. The lowest BCUT2D eigenvalue weighted by molar-refractivity contribution is 0.0111. The van der Waals surface area contributed by atoms with Gasteiger partial charge in [-0.2, -0.15) is 5.26 Å². The number of nitrogens with zero attached hydrogens (tertiary/aromatic N) is 3. The standard InChI is InChI=1S/C17H23N3O3/c1-2-23-13-16(21)12-19-6-8-20(9-7-19)17(22)15-5-3-4-14(10-15)11-18/h3-5,10,16,21H,2,6-9,12-13H2,1H3/t16-/m0/s1. The molecule has 0 bridgehead atoms. The first-order chi connectivity index (χ1) is 11.1. The number of benzene rings is 1. The molecule has 0 aliphatic carbocycles. The van der Waals surface area contributed by atoms with Gasteiger partial charge in [0.25, 0.3) is 5.91 Å². The lowest BCUT2D eigenvalue weighted by Gasteiger charge is -2.35. The zero-order valence-corrected chi connectivity index (χ0v) is 13.4. The van der Waals surface area contributed by atoms with Crippen molar-refractivity contribution in [2.45, 2.75) is 13.0 Å². The van der Waals surface area contributed by atoms with Gasteiger partial charge in [-0.05, 0) is 25.1 Å². The molecule has 124 valence electrons. The van der Waals surface area contributed by atoms with Crippen LogP contribution >= 0.6 is 0 Å². The van der Waals surface area contributed by atoms with Crippen molar-refractivity contribution in [2.24, 2.45) is 0 Å². The van der Waals surface area contributed by atoms with Crippen molar-refractivity contribution in [3.05, 3.63) is 35.4 Å². The Kier molecular flexibility index (Phi) is 6.53. The molecule has 0 radical (unpaired) electrons. The first-order valence-electron chi connectivity index (χ1n) is 7.91. The number of rotatable bonds is 6. The van der Waals surface area contributed by atoms with Crippen LogP contribution in [0.2, 0.25) is 0 Å². The second-order valence-corrected chi connectivity index (χ2v) is 5.60. The molecule has 1 heterocycles. The van der Waals surface area contributed by atoms with Crippen LogP contribution in [0.1, 0.15) is 22.8 Å². The van der Waals surface area contributed by atoms with E-state index >= 15 is 0 Å². The number of carbonyl (C=O) groups is 1. The smallest absolute Gasteiger partial charge is 0.253 e. The van der Waals surface area contributed by atoms with Crippen molar-refractivity contribution < 1.29 is 14.6 Å². The van der Waals surface area contributed by atoms with Crippen molar-refractivity contribution in [2.75, 3.05) is 45.9 Å². The Morgan fingerprint density at radius 1 is 1.39 bits per heavy atom. The number of piperazine rings is 1. The van der Waals surface area contributed by atoms with Crippen LogP contribution in [0.3, 0.4) is 0 Å². The van der Waals surface area contributed by atoms with Gasteiger partial charge in [-0.15, -0.1) is 0 Å². The first kappa shape index (κ1) is 17.4. The fourth-order valence-electron chi connectivity index (χ4n) is 2.64. The van der Waals surface area contributed by atoms with E-state index in [0.717, 1.165) is 13.1 Å². The molecule has 1 N–H and O–H groups in total. The van der Waals surface area contributed by atoms with Crippen molar-refractivity contribution in [3.63, 3.8) is 0 Å². The molecule has 1 aliphatic heterocycles. The van der Waals surface area contributed by atoms with Gasteiger partial charge < -0.3 is 14.7 Å². The number of carbonyl (C=O) groups excluding carboxylic acids is 1. The third kappa shape index (κ3) is 5.03. The van der Waals surface area contributed by atoms with Crippen LogP contribution in [0, 0.1) is 11.3 Å². The van der Waals surface area contributed by atoms with Gasteiger partial charge in [-0.1, -0.05) is 6.07 Å². The predicted molar refractivity (Wildman–Crippen MR) is 86.0 cm³/mol. The van der Waals surface area contributed by atoms with E-state index in [1.165, 1.54) is 0 Å². The fourth-order valence-corrected chi connectivity index (χ4v) is 2.64. The summed E-state index contributed by atoms with van der Waals surface area (Å²) < 4.78 is 5.21. The maximum atomic E-state index is 12.5. The Morgan fingerprint density at radius 3 is 2.78 bits per heavy atom. The zero-order valence-electron chi connectivity index (χ0n) is 13.4. The van der Waals surface area contributed by atoms with E-state index in [1.54, 1.807) is 29.2 Å². The summed E-state index contributed by atoms with van der Waals surface area (Å²) in [5.41, 5.74) is 1.04. The van der Waals surface area contributed by atoms with E-state index in [-0.39, 0.29) is 5.91 Å². The number of hydrogen-bond donors (Lipinski definition) is 1. The monoisotopic (exact) mass is 317 g/mol. The van der Waals surface area contributed by atoms with E-state index in [4.69, 9.17) is 10.00 Å².